The van der Waals surface area contributed by atoms with Crippen molar-refractivity contribution in [1.29, 1.82) is 0 Å². The molecule has 0 bridgehead atoms. The van der Waals surface area contributed by atoms with E-state index in [9.17, 15) is 9.18 Å². The lowest BCUT2D eigenvalue weighted by atomic mass is 10.1. The molecule has 0 amide bonds. The maximum atomic E-state index is 13.9. The summed E-state index contributed by atoms with van der Waals surface area (Å²) in [6.07, 6.45) is 6.50. The molecule has 3 rings (SSSR count). The molecule has 2 aromatic rings. The van der Waals surface area contributed by atoms with E-state index < -0.39 is 11.4 Å². The summed E-state index contributed by atoms with van der Waals surface area (Å²) in [7, 11) is 0. The predicted octanol–water partition coefficient (Wildman–Crippen LogP) is 3.01. The molecule has 2 aromatic heterocycles. The Morgan fingerprint density at radius 1 is 1.45 bits per heavy atom. The Morgan fingerprint density at radius 3 is 2.90 bits per heavy atom. The van der Waals surface area contributed by atoms with Crippen LogP contribution in [0.25, 0.3) is 11.0 Å². The summed E-state index contributed by atoms with van der Waals surface area (Å²) in [5, 5.41) is 1.18. The average Bonchev–Trinajstić information content (AvgIpc) is 2.86. The van der Waals surface area contributed by atoms with Gasteiger partial charge in [0.25, 0.3) is 5.56 Å². The van der Waals surface area contributed by atoms with Gasteiger partial charge in [0.05, 0.1) is 0 Å². The summed E-state index contributed by atoms with van der Waals surface area (Å²) in [6, 6.07) is 1.27. The zero-order valence-corrected chi connectivity index (χ0v) is 12.3. The second-order valence-electron chi connectivity index (χ2n) is 5.28. The van der Waals surface area contributed by atoms with Crippen LogP contribution in [0.2, 0.25) is 0 Å². The SMILES string of the molecule is CSc1ncc2cc(F)c(=O)n(C3CCCC3C)c2n1. The first-order valence-electron chi connectivity index (χ1n) is 6.73. The van der Waals surface area contributed by atoms with E-state index in [0.717, 1.165) is 19.3 Å². The van der Waals surface area contributed by atoms with Gasteiger partial charge in [-0.1, -0.05) is 25.1 Å². The van der Waals surface area contributed by atoms with Crippen LogP contribution in [0.4, 0.5) is 4.39 Å². The Labute approximate surface area is 120 Å². The van der Waals surface area contributed by atoms with E-state index in [-0.39, 0.29) is 6.04 Å². The first-order valence-corrected chi connectivity index (χ1v) is 7.96. The van der Waals surface area contributed by atoms with Crippen molar-refractivity contribution < 1.29 is 4.39 Å². The number of halogens is 1. The number of rotatable bonds is 2. The molecular formula is C14H16FN3OS. The Balaban J connectivity index is 2.31. The minimum absolute atomic E-state index is 0.0327. The minimum atomic E-state index is -0.725. The maximum Gasteiger partial charge on any atom is 0.288 e. The highest BCUT2D eigenvalue weighted by molar-refractivity contribution is 7.98. The van der Waals surface area contributed by atoms with E-state index in [1.807, 2.05) is 6.26 Å². The van der Waals surface area contributed by atoms with Crippen LogP contribution in [-0.2, 0) is 0 Å². The third-order valence-corrected chi connectivity index (χ3v) is 4.60. The topological polar surface area (TPSA) is 47.8 Å². The highest BCUT2D eigenvalue weighted by atomic mass is 32.2. The van der Waals surface area contributed by atoms with E-state index in [2.05, 4.69) is 16.9 Å². The Morgan fingerprint density at radius 2 is 2.25 bits per heavy atom. The van der Waals surface area contributed by atoms with Crippen LogP contribution in [0.3, 0.4) is 0 Å². The molecule has 0 radical (unpaired) electrons. The van der Waals surface area contributed by atoms with Gasteiger partial charge in [-0.05, 0) is 31.1 Å². The van der Waals surface area contributed by atoms with Crippen LogP contribution in [0, 0.1) is 11.7 Å². The summed E-state index contributed by atoms with van der Waals surface area (Å²) in [4.78, 5) is 20.8. The van der Waals surface area contributed by atoms with Crippen molar-refractivity contribution in [2.75, 3.05) is 6.26 Å². The van der Waals surface area contributed by atoms with Crippen LogP contribution in [-0.4, -0.2) is 20.8 Å². The van der Waals surface area contributed by atoms with Gasteiger partial charge < -0.3 is 0 Å². The first-order chi connectivity index (χ1) is 9.61. The van der Waals surface area contributed by atoms with Gasteiger partial charge in [0, 0.05) is 17.6 Å². The number of hydrogen-bond donors (Lipinski definition) is 0. The summed E-state index contributed by atoms with van der Waals surface area (Å²) in [6.45, 7) is 2.11. The van der Waals surface area contributed by atoms with Gasteiger partial charge in [-0.15, -0.1) is 0 Å². The lowest BCUT2D eigenvalue weighted by Gasteiger charge is -2.20. The van der Waals surface area contributed by atoms with Crippen molar-refractivity contribution in [2.24, 2.45) is 5.92 Å². The molecular weight excluding hydrogens is 277 g/mol. The molecule has 0 aromatic carbocycles. The number of hydrogen-bond acceptors (Lipinski definition) is 4. The maximum absolute atomic E-state index is 13.9. The zero-order chi connectivity index (χ0) is 14.3. The molecule has 0 N–H and O–H groups in total. The van der Waals surface area contributed by atoms with Crippen LogP contribution in [0.15, 0.2) is 22.2 Å². The molecule has 4 nitrogen and oxygen atoms in total. The monoisotopic (exact) mass is 293 g/mol. The molecule has 0 spiro atoms. The predicted molar refractivity (Wildman–Crippen MR) is 77.6 cm³/mol. The van der Waals surface area contributed by atoms with Crippen LogP contribution < -0.4 is 5.56 Å². The lowest BCUT2D eigenvalue weighted by Crippen LogP contribution is -2.29. The molecule has 106 valence electrons. The molecule has 2 heterocycles. The molecule has 1 aliphatic rings. The molecule has 1 saturated carbocycles. The largest absolute Gasteiger partial charge is 0.288 e. The fourth-order valence-electron chi connectivity index (χ4n) is 2.99. The molecule has 1 aliphatic carbocycles. The smallest absolute Gasteiger partial charge is 0.287 e. The number of thioether (sulfide) groups is 1. The van der Waals surface area contributed by atoms with E-state index in [4.69, 9.17) is 0 Å². The number of fused-ring (bicyclic) bond motifs is 1. The van der Waals surface area contributed by atoms with Gasteiger partial charge in [0.2, 0.25) is 0 Å². The third kappa shape index (κ3) is 2.12. The normalized spacial score (nSPS) is 22.6. The highest BCUT2D eigenvalue weighted by Crippen LogP contribution is 2.35. The Kier molecular flexibility index (Phi) is 3.50. The highest BCUT2D eigenvalue weighted by Gasteiger charge is 2.28. The van der Waals surface area contributed by atoms with E-state index >= 15 is 0 Å². The molecule has 20 heavy (non-hydrogen) atoms. The van der Waals surface area contributed by atoms with Gasteiger partial charge >= 0.3 is 0 Å². The van der Waals surface area contributed by atoms with Crippen molar-refractivity contribution in [3.8, 4) is 0 Å². The number of nitrogens with zero attached hydrogens (tertiary/aromatic N) is 3. The van der Waals surface area contributed by atoms with Crippen molar-refractivity contribution in [2.45, 2.75) is 37.4 Å². The van der Waals surface area contributed by atoms with Gasteiger partial charge in [0.1, 0.15) is 5.65 Å². The summed E-state index contributed by atoms with van der Waals surface area (Å²) in [5.41, 5.74) is -0.0171. The number of pyridine rings is 1. The fourth-order valence-corrected chi connectivity index (χ4v) is 3.32. The Bertz CT molecular complexity index is 715. The van der Waals surface area contributed by atoms with Crippen molar-refractivity contribution in [3.63, 3.8) is 0 Å². The van der Waals surface area contributed by atoms with Gasteiger partial charge in [-0.2, -0.15) is 0 Å². The zero-order valence-electron chi connectivity index (χ0n) is 11.5. The average molecular weight is 293 g/mol. The second kappa shape index (κ2) is 5.16. The van der Waals surface area contributed by atoms with Gasteiger partial charge in [0.15, 0.2) is 11.0 Å². The van der Waals surface area contributed by atoms with Crippen molar-refractivity contribution in [1.82, 2.24) is 14.5 Å². The van der Waals surface area contributed by atoms with Crippen LogP contribution in [0.5, 0.6) is 0 Å². The molecule has 2 atom stereocenters. The van der Waals surface area contributed by atoms with Crippen molar-refractivity contribution >= 4 is 22.8 Å². The molecule has 0 saturated heterocycles. The Hall–Kier alpha value is -1.43. The number of aromatic nitrogens is 3. The van der Waals surface area contributed by atoms with Crippen LogP contribution >= 0.6 is 11.8 Å². The molecule has 1 fully saturated rings. The lowest BCUT2D eigenvalue weighted by molar-refractivity contribution is 0.397. The van der Waals surface area contributed by atoms with E-state index in [1.165, 1.54) is 17.8 Å². The standard InChI is InChI=1S/C14H16FN3OS/c1-8-4-3-5-11(8)18-12-9(6-10(15)13(18)19)7-16-14(17-12)20-2/h6-8,11H,3-5H2,1-2H3. The quantitative estimate of drug-likeness (QED) is 0.631. The molecule has 0 aliphatic heterocycles. The summed E-state index contributed by atoms with van der Waals surface area (Å²) in [5.74, 6) is -0.359. The first kappa shape index (κ1) is 13.5. The minimum Gasteiger partial charge on any atom is -0.287 e. The second-order valence-corrected chi connectivity index (χ2v) is 6.05. The third-order valence-electron chi connectivity index (χ3n) is 4.04. The van der Waals surface area contributed by atoms with Crippen LogP contribution in [0.1, 0.15) is 32.2 Å². The molecule has 2 unspecified atom stereocenters. The van der Waals surface area contributed by atoms with E-state index in [0.29, 0.717) is 22.1 Å². The fraction of sp³-hybridized carbons (Fsp3) is 0.500. The van der Waals surface area contributed by atoms with Crippen molar-refractivity contribution in [3.05, 3.63) is 28.4 Å². The van der Waals surface area contributed by atoms with Gasteiger partial charge in [-0.3, -0.25) is 9.36 Å². The summed E-state index contributed by atoms with van der Waals surface area (Å²) >= 11 is 1.41. The molecule has 6 heteroatoms. The summed E-state index contributed by atoms with van der Waals surface area (Å²) < 4.78 is 15.4. The van der Waals surface area contributed by atoms with Gasteiger partial charge in [-0.25, -0.2) is 14.4 Å². The van der Waals surface area contributed by atoms with E-state index in [1.54, 1.807) is 10.8 Å².